The third kappa shape index (κ3) is 3.91. The van der Waals surface area contributed by atoms with Gasteiger partial charge in [-0.3, -0.25) is 0 Å². The Labute approximate surface area is 312 Å². The number of benzene rings is 9. The maximum Gasteiger partial charge on any atom is 0.180 e. The van der Waals surface area contributed by atoms with Gasteiger partial charge < -0.3 is 13.4 Å². The van der Waals surface area contributed by atoms with Crippen molar-refractivity contribution in [2.45, 2.75) is 0 Å². The summed E-state index contributed by atoms with van der Waals surface area (Å²) in [7, 11) is 0. The number of furan rings is 1. The largest absolute Gasteiger partial charge is 0.456 e. The van der Waals surface area contributed by atoms with Crippen LogP contribution in [0.15, 0.2) is 173 Å². The Morgan fingerprint density at radius 1 is 0.418 bits per heavy atom. The highest BCUT2D eigenvalue weighted by Crippen LogP contribution is 2.46. The van der Waals surface area contributed by atoms with Crippen LogP contribution in [-0.4, -0.2) is 14.5 Å². The van der Waals surface area contributed by atoms with Crippen molar-refractivity contribution in [2.24, 2.45) is 0 Å². The number of hydrogen-bond acceptors (Lipinski definition) is 4. The Hall–Kier alpha value is -7.50. The molecule has 0 spiro atoms. The Bertz CT molecular complexity index is 3630. The van der Waals surface area contributed by atoms with Crippen LogP contribution in [0.1, 0.15) is 0 Å². The SMILES string of the molecule is c1ccc2cc(-c3nc(-c4ccc(-n5c6ccc7cccc8oc9cccc%10ccc5c(c%109)c6c78)c5ccccc45)nc4c3oc3ccccc34)ccc2c1. The van der Waals surface area contributed by atoms with E-state index in [-0.39, 0.29) is 0 Å². The molecule has 13 aromatic rings. The zero-order valence-corrected chi connectivity index (χ0v) is 29.2. The van der Waals surface area contributed by atoms with Gasteiger partial charge in [0, 0.05) is 43.4 Å². The quantitative estimate of drug-likeness (QED) is 0.184. The van der Waals surface area contributed by atoms with Crippen molar-refractivity contribution in [3.63, 3.8) is 0 Å². The van der Waals surface area contributed by atoms with Gasteiger partial charge in [-0.05, 0) is 81.5 Å². The third-order valence-corrected chi connectivity index (χ3v) is 11.5. The molecule has 9 aromatic carbocycles. The van der Waals surface area contributed by atoms with Crippen LogP contribution < -0.4 is 0 Å². The molecule has 0 radical (unpaired) electrons. The first-order valence-corrected chi connectivity index (χ1v) is 18.6. The Kier molecular flexibility index (Phi) is 5.57. The van der Waals surface area contributed by atoms with E-state index in [4.69, 9.17) is 18.8 Å². The summed E-state index contributed by atoms with van der Waals surface area (Å²) in [4.78, 5) is 10.6. The van der Waals surface area contributed by atoms with E-state index in [1.165, 1.54) is 16.2 Å². The summed E-state index contributed by atoms with van der Waals surface area (Å²) >= 11 is 0. The fourth-order valence-corrected chi connectivity index (χ4v) is 9.14. The van der Waals surface area contributed by atoms with Gasteiger partial charge in [-0.25, -0.2) is 9.97 Å². The van der Waals surface area contributed by atoms with Gasteiger partial charge in [-0.2, -0.15) is 0 Å². The second-order valence-corrected chi connectivity index (χ2v) is 14.5. The lowest BCUT2D eigenvalue weighted by molar-refractivity contribution is 0.664. The summed E-state index contributed by atoms with van der Waals surface area (Å²) in [6.07, 6.45) is 0. The molecule has 0 bridgehead atoms. The normalized spacial score (nSPS) is 12.4. The molecule has 0 N–H and O–H groups in total. The average molecular weight is 702 g/mol. The number of rotatable bonds is 3. The monoisotopic (exact) mass is 701 g/mol. The summed E-state index contributed by atoms with van der Waals surface area (Å²) < 4.78 is 15.6. The molecular weight excluding hydrogens is 675 g/mol. The van der Waals surface area contributed by atoms with Gasteiger partial charge in [0.15, 0.2) is 11.4 Å². The molecule has 0 amide bonds. The molecule has 4 aromatic heterocycles. The lowest BCUT2D eigenvalue weighted by atomic mass is 10.00. The summed E-state index contributed by atoms with van der Waals surface area (Å²) in [5.41, 5.74) is 10.2. The molecule has 13 rings (SSSR count). The van der Waals surface area contributed by atoms with Gasteiger partial charge >= 0.3 is 0 Å². The molecule has 0 aliphatic carbocycles. The van der Waals surface area contributed by atoms with Crippen LogP contribution in [0.25, 0.3) is 126 Å². The highest BCUT2D eigenvalue weighted by molar-refractivity contribution is 6.34. The number of hydrogen-bond donors (Lipinski definition) is 0. The molecule has 0 saturated carbocycles. The van der Waals surface area contributed by atoms with Gasteiger partial charge in [0.05, 0.1) is 16.7 Å². The van der Waals surface area contributed by atoms with Crippen molar-refractivity contribution >= 4 is 98.1 Å². The minimum Gasteiger partial charge on any atom is -0.456 e. The van der Waals surface area contributed by atoms with Gasteiger partial charge in [0.2, 0.25) is 0 Å². The zero-order valence-electron chi connectivity index (χ0n) is 29.2. The lowest BCUT2D eigenvalue weighted by Crippen LogP contribution is -1.99. The van der Waals surface area contributed by atoms with Crippen molar-refractivity contribution in [2.75, 3.05) is 0 Å². The van der Waals surface area contributed by atoms with E-state index in [1.54, 1.807) is 0 Å². The molecule has 0 aliphatic rings. The van der Waals surface area contributed by atoms with Crippen LogP contribution >= 0.6 is 0 Å². The topological polar surface area (TPSA) is 57.0 Å². The lowest BCUT2D eigenvalue weighted by Gasteiger charge is -2.15. The summed E-state index contributed by atoms with van der Waals surface area (Å²) in [5, 5.41) is 12.5. The molecule has 4 heterocycles. The van der Waals surface area contributed by atoms with E-state index in [9.17, 15) is 0 Å². The van der Waals surface area contributed by atoms with E-state index in [2.05, 4.69) is 150 Å². The van der Waals surface area contributed by atoms with E-state index in [0.717, 1.165) is 98.9 Å². The van der Waals surface area contributed by atoms with E-state index in [0.29, 0.717) is 11.4 Å². The number of aromatic nitrogens is 3. The molecule has 254 valence electrons. The average Bonchev–Trinajstić information content (AvgIpc) is 3.74. The van der Waals surface area contributed by atoms with Crippen LogP contribution in [0.2, 0.25) is 0 Å². The van der Waals surface area contributed by atoms with Crippen LogP contribution in [0.4, 0.5) is 0 Å². The van der Waals surface area contributed by atoms with Crippen molar-refractivity contribution in [3.8, 4) is 28.3 Å². The Morgan fingerprint density at radius 2 is 1.04 bits per heavy atom. The number of nitrogens with zero attached hydrogens (tertiary/aromatic N) is 3. The highest BCUT2D eigenvalue weighted by atomic mass is 16.3. The maximum atomic E-state index is 6.68. The molecule has 0 aliphatic heterocycles. The first kappa shape index (κ1) is 29.0. The number of fused-ring (bicyclic) bond motifs is 5. The minimum absolute atomic E-state index is 0.657. The second-order valence-electron chi connectivity index (χ2n) is 14.5. The molecule has 0 unspecified atom stereocenters. The maximum absolute atomic E-state index is 6.68. The summed E-state index contributed by atoms with van der Waals surface area (Å²) in [6, 6.07) is 57.7. The smallest absolute Gasteiger partial charge is 0.180 e. The number of para-hydroxylation sites is 1. The van der Waals surface area contributed by atoms with E-state index in [1.807, 2.05) is 18.2 Å². The van der Waals surface area contributed by atoms with Gasteiger partial charge in [-0.1, -0.05) is 109 Å². The fourth-order valence-electron chi connectivity index (χ4n) is 9.14. The third-order valence-electron chi connectivity index (χ3n) is 11.5. The summed E-state index contributed by atoms with van der Waals surface area (Å²) in [5.74, 6) is 0.657. The zero-order chi connectivity index (χ0) is 35.8. The van der Waals surface area contributed by atoms with E-state index >= 15 is 0 Å². The van der Waals surface area contributed by atoms with Gasteiger partial charge in [-0.15, -0.1) is 0 Å². The van der Waals surface area contributed by atoms with Gasteiger partial charge in [0.1, 0.15) is 28.0 Å². The van der Waals surface area contributed by atoms with Crippen molar-refractivity contribution in [1.29, 1.82) is 0 Å². The first-order chi connectivity index (χ1) is 27.3. The molecule has 0 saturated heterocycles. The Morgan fingerprint density at radius 3 is 1.80 bits per heavy atom. The molecule has 5 nitrogen and oxygen atoms in total. The summed E-state index contributed by atoms with van der Waals surface area (Å²) in [6.45, 7) is 0. The first-order valence-electron chi connectivity index (χ1n) is 18.6. The van der Waals surface area contributed by atoms with E-state index < -0.39 is 0 Å². The van der Waals surface area contributed by atoms with Crippen LogP contribution in [0, 0.1) is 0 Å². The molecule has 5 heteroatoms. The standard InChI is InChI=1S/C50H27N3O2/c1-2-10-31-27-32(20-19-28(31)9-1)47-49-48(36-15-5-6-16-40(36)55-49)52-50(51-47)35-23-26-37(34-14-4-3-13-33(34)35)53-38-24-21-29-11-7-17-41-43(29)45(38)46-39(53)25-22-30-12-8-18-42(54-41)44(30)46/h1-27H. The molecular formula is C50H27N3O2. The Balaban J connectivity index is 1.11. The second kappa shape index (κ2) is 10.6. The fraction of sp³-hybridized carbons (Fsp3) is 0. The molecule has 0 fully saturated rings. The van der Waals surface area contributed by atoms with Crippen molar-refractivity contribution < 1.29 is 8.83 Å². The van der Waals surface area contributed by atoms with Crippen LogP contribution in [0.5, 0.6) is 0 Å². The van der Waals surface area contributed by atoms with Crippen molar-refractivity contribution in [3.05, 3.63) is 164 Å². The molecule has 55 heavy (non-hydrogen) atoms. The molecule has 0 atom stereocenters. The van der Waals surface area contributed by atoms with Crippen LogP contribution in [0.3, 0.4) is 0 Å². The highest BCUT2D eigenvalue weighted by Gasteiger charge is 2.24. The predicted molar refractivity (Wildman–Crippen MR) is 226 cm³/mol. The van der Waals surface area contributed by atoms with Crippen LogP contribution in [-0.2, 0) is 0 Å². The van der Waals surface area contributed by atoms with Gasteiger partial charge in [0.25, 0.3) is 0 Å². The predicted octanol–water partition coefficient (Wildman–Crippen LogP) is 13.6. The van der Waals surface area contributed by atoms with Crippen molar-refractivity contribution in [1.82, 2.24) is 14.5 Å². The minimum atomic E-state index is 0.657.